The van der Waals surface area contributed by atoms with E-state index < -0.39 is 0 Å². The van der Waals surface area contributed by atoms with Crippen molar-refractivity contribution in [1.82, 2.24) is 20.2 Å². The van der Waals surface area contributed by atoms with Crippen LogP contribution in [0.4, 0.5) is 5.82 Å². The molecule has 0 radical (unpaired) electrons. The first-order valence-corrected chi connectivity index (χ1v) is 9.89. The molecular weight excluding hydrogens is 334 g/mol. The van der Waals surface area contributed by atoms with Crippen LogP contribution in [-0.4, -0.2) is 59.5 Å². The van der Waals surface area contributed by atoms with Gasteiger partial charge in [0.25, 0.3) is 5.91 Å². The number of carbonyl (C=O) groups excluding carboxylic acids is 1. The van der Waals surface area contributed by atoms with Crippen LogP contribution in [0.3, 0.4) is 0 Å². The molecule has 6 nitrogen and oxygen atoms in total. The van der Waals surface area contributed by atoms with Crippen LogP contribution in [0.5, 0.6) is 0 Å². The van der Waals surface area contributed by atoms with E-state index in [1.807, 2.05) is 13.8 Å². The monoisotopic (exact) mass is 361 g/mol. The zero-order valence-corrected chi connectivity index (χ0v) is 16.3. The second-order valence-corrected chi connectivity index (χ2v) is 7.64. The van der Waals surface area contributed by atoms with Crippen molar-refractivity contribution in [3.63, 3.8) is 0 Å². The Morgan fingerprint density at radius 1 is 1.28 bits per heavy atom. The van der Waals surface area contributed by atoms with Crippen molar-refractivity contribution in [2.45, 2.75) is 40.2 Å². The van der Waals surface area contributed by atoms with Crippen LogP contribution < -0.4 is 10.2 Å². The van der Waals surface area contributed by atoms with E-state index in [0.717, 1.165) is 65.6 Å². The summed E-state index contributed by atoms with van der Waals surface area (Å²) in [5, 5.41) is 4.10. The SMILES string of the molecule is CCC(C)NC(=O)c1sc2ncnc(N3CCN(CC)CC3)c2c1C. The summed E-state index contributed by atoms with van der Waals surface area (Å²) in [4.78, 5) is 28.0. The fraction of sp³-hybridized carbons (Fsp3) is 0.611. The van der Waals surface area contributed by atoms with E-state index in [1.54, 1.807) is 6.33 Å². The second-order valence-electron chi connectivity index (χ2n) is 6.64. The van der Waals surface area contributed by atoms with Gasteiger partial charge in [-0.1, -0.05) is 13.8 Å². The molecule has 1 N–H and O–H groups in total. The van der Waals surface area contributed by atoms with E-state index in [4.69, 9.17) is 0 Å². The molecule has 7 heteroatoms. The maximum Gasteiger partial charge on any atom is 0.261 e. The molecule has 2 aromatic rings. The Bertz CT molecular complexity index is 751. The number of piperazine rings is 1. The molecule has 0 aromatic carbocycles. The molecule has 1 aliphatic heterocycles. The lowest BCUT2D eigenvalue weighted by atomic mass is 10.1. The standard InChI is InChI=1S/C18H27N5OS/c1-5-12(3)21-17(24)15-13(4)14-16(19-11-20-18(14)25-15)23-9-7-22(6-2)8-10-23/h11-12H,5-10H2,1-4H3,(H,21,24). The largest absolute Gasteiger partial charge is 0.353 e. The molecular formula is C18H27N5OS. The number of fused-ring (bicyclic) bond motifs is 1. The summed E-state index contributed by atoms with van der Waals surface area (Å²) in [5.74, 6) is 0.966. The van der Waals surface area contributed by atoms with Gasteiger partial charge in [0.15, 0.2) is 0 Å². The topological polar surface area (TPSA) is 61.4 Å². The average molecular weight is 362 g/mol. The van der Waals surface area contributed by atoms with Crippen LogP contribution in [0, 0.1) is 6.92 Å². The molecule has 0 saturated carbocycles. The highest BCUT2D eigenvalue weighted by molar-refractivity contribution is 7.20. The van der Waals surface area contributed by atoms with Crippen LogP contribution in [0.2, 0.25) is 0 Å². The first-order chi connectivity index (χ1) is 12.0. The third kappa shape index (κ3) is 3.62. The number of hydrogen-bond acceptors (Lipinski definition) is 6. The highest BCUT2D eigenvalue weighted by atomic mass is 32.1. The molecule has 1 aliphatic rings. The third-order valence-corrected chi connectivity index (χ3v) is 6.22. The fourth-order valence-electron chi connectivity index (χ4n) is 3.18. The summed E-state index contributed by atoms with van der Waals surface area (Å²) in [6.07, 6.45) is 2.54. The second kappa shape index (κ2) is 7.66. The highest BCUT2D eigenvalue weighted by Crippen LogP contribution is 2.35. The Morgan fingerprint density at radius 2 is 2.00 bits per heavy atom. The predicted molar refractivity (Wildman–Crippen MR) is 104 cm³/mol. The van der Waals surface area contributed by atoms with Gasteiger partial charge < -0.3 is 15.1 Å². The predicted octanol–water partition coefficient (Wildman–Crippen LogP) is 2.67. The Labute approximate surface area is 153 Å². The first kappa shape index (κ1) is 18.1. The molecule has 2 aromatic heterocycles. The van der Waals surface area contributed by atoms with Gasteiger partial charge in [0.05, 0.1) is 10.3 Å². The number of amides is 1. The molecule has 25 heavy (non-hydrogen) atoms. The summed E-state index contributed by atoms with van der Waals surface area (Å²) < 4.78 is 0. The number of nitrogens with zero attached hydrogens (tertiary/aromatic N) is 4. The number of rotatable bonds is 5. The van der Waals surface area contributed by atoms with Gasteiger partial charge in [-0.25, -0.2) is 9.97 Å². The van der Waals surface area contributed by atoms with Gasteiger partial charge >= 0.3 is 0 Å². The number of hydrogen-bond donors (Lipinski definition) is 1. The van der Waals surface area contributed by atoms with Crippen molar-refractivity contribution in [3.05, 3.63) is 16.8 Å². The van der Waals surface area contributed by atoms with Crippen molar-refractivity contribution in [3.8, 4) is 0 Å². The maximum absolute atomic E-state index is 12.6. The zero-order chi connectivity index (χ0) is 18.0. The van der Waals surface area contributed by atoms with E-state index in [1.165, 1.54) is 11.3 Å². The average Bonchev–Trinajstić information content (AvgIpc) is 2.99. The Kier molecular flexibility index (Phi) is 5.54. The molecule has 1 fully saturated rings. The number of carbonyl (C=O) groups is 1. The molecule has 1 unspecified atom stereocenters. The summed E-state index contributed by atoms with van der Waals surface area (Å²) in [7, 11) is 0. The minimum Gasteiger partial charge on any atom is -0.353 e. The Balaban J connectivity index is 1.92. The van der Waals surface area contributed by atoms with Crippen LogP contribution in [-0.2, 0) is 0 Å². The molecule has 0 spiro atoms. The molecule has 3 heterocycles. The quantitative estimate of drug-likeness (QED) is 0.887. The van der Waals surface area contributed by atoms with Crippen LogP contribution in [0.25, 0.3) is 10.2 Å². The first-order valence-electron chi connectivity index (χ1n) is 9.07. The molecule has 1 atom stereocenters. The van der Waals surface area contributed by atoms with Crippen molar-refractivity contribution in [2.24, 2.45) is 0 Å². The van der Waals surface area contributed by atoms with Gasteiger partial charge in [-0.15, -0.1) is 11.3 Å². The fourth-order valence-corrected chi connectivity index (χ4v) is 4.22. The molecule has 0 bridgehead atoms. The van der Waals surface area contributed by atoms with E-state index in [9.17, 15) is 4.79 Å². The molecule has 136 valence electrons. The minimum atomic E-state index is -0.00315. The molecule has 1 saturated heterocycles. The van der Waals surface area contributed by atoms with Gasteiger partial charge in [-0.3, -0.25) is 4.79 Å². The normalized spacial score (nSPS) is 17.0. The number of nitrogens with one attached hydrogen (secondary N) is 1. The van der Waals surface area contributed by atoms with E-state index in [2.05, 4.69) is 38.9 Å². The summed E-state index contributed by atoms with van der Waals surface area (Å²) >= 11 is 1.47. The van der Waals surface area contributed by atoms with Crippen molar-refractivity contribution >= 4 is 33.3 Å². The number of likely N-dealkylation sites (N-methyl/N-ethyl adjacent to an activating group) is 1. The van der Waals surface area contributed by atoms with E-state index in [0.29, 0.717) is 0 Å². The Hall–Kier alpha value is -1.73. The van der Waals surface area contributed by atoms with Crippen molar-refractivity contribution in [1.29, 1.82) is 0 Å². The number of aromatic nitrogens is 2. The third-order valence-electron chi connectivity index (χ3n) is 5.02. The van der Waals surface area contributed by atoms with Crippen molar-refractivity contribution < 1.29 is 4.79 Å². The summed E-state index contributed by atoms with van der Waals surface area (Å²) in [6.45, 7) is 13.4. The lowest BCUT2D eigenvalue weighted by Crippen LogP contribution is -2.46. The number of aryl methyl sites for hydroxylation is 1. The van der Waals surface area contributed by atoms with Gasteiger partial charge in [-0.2, -0.15) is 0 Å². The van der Waals surface area contributed by atoms with Gasteiger partial charge in [0.1, 0.15) is 17.0 Å². The van der Waals surface area contributed by atoms with Crippen molar-refractivity contribution in [2.75, 3.05) is 37.6 Å². The van der Waals surface area contributed by atoms with E-state index in [-0.39, 0.29) is 11.9 Å². The van der Waals surface area contributed by atoms with Crippen LogP contribution in [0.1, 0.15) is 42.4 Å². The van der Waals surface area contributed by atoms with Gasteiger partial charge in [0, 0.05) is 32.2 Å². The number of anilines is 1. The Morgan fingerprint density at radius 3 is 2.64 bits per heavy atom. The lowest BCUT2D eigenvalue weighted by molar-refractivity contribution is 0.0943. The van der Waals surface area contributed by atoms with Crippen LogP contribution in [0.15, 0.2) is 6.33 Å². The van der Waals surface area contributed by atoms with Crippen LogP contribution >= 0.6 is 11.3 Å². The molecule has 0 aliphatic carbocycles. The van der Waals surface area contributed by atoms with E-state index >= 15 is 0 Å². The zero-order valence-electron chi connectivity index (χ0n) is 15.5. The van der Waals surface area contributed by atoms with Gasteiger partial charge in [-0.05, 0) is 32.4 Å². The molecule has 1 amide bonds. The lowest BCUT2D eigenvalue weighted by Gasteiger charge is -2.35. The maximum atomic E-state index is 12.6. The smallest absolute Gasteiger partial charge is 0.261 e. The molecule has 3 rings (SSSR count). The van der Waals surface area contributed by atoms with Gasteiger partial charge in [0.2, 0.25) is 0 Å². The number of thiophene rings is 1. The summed E-state index contributed by atoms with van der Waals surface area (Å²) in [5.41, 5.74) is 0.995. The summed E-state index contributed by atoms with van der Waals surface area (Å²) in [6, 6.07) is 0.171. The highest BCUT2D eigenvalue weighted by Gasteiger charge is 2.24. The minimum absolute atomic E-state index is 0.00315.